The second-order valence-electron chi connectivity index (χ2n) is 10.8. The van der Waals surface area contributed by atoms with Gasteiger partial charge in [0.25, 0.3) is 0 Å². The molecule has 0 N–H and O–H groups in total. The van der Waals surface area contributed by atoms with E-state index < -0.39 is 29.8 Å². The molecule has 1 spiro atoms. The van der Waals surface area contributed by atoms with E-state index in [9.17, 15) is 18.8 Å². The number of hydrogen-bond acceptors (Lipinski definition) is 11. The molecular weight excluding hydrogens is 553 g/mol. The van der Waals surface area contributed by atoms with Crippen LogP contribution in [0.4, 0.5) is 14.9 Å². The van der Waals surface area contributed by atoms with E-state index in [-0.39, 0.29) is 25.7 Å². The zero-order chi connectivity index (χ0) is 28.8. The Labute approximate surface area is 239 Å². The number of hydrogen-bond donors (Lipinski definition) is 0. The van der Waals surface area contributed by atoms with Crippen LogP contribution in [0.2, 0.25) is 0 Å². The minimum Gasteiger partial charge on any atom is -0.454 e. The number of amides is 1. The number of aromatic nitrogens is 1. The molecule has 2 fully saturated rings. The molecule has 4 aliphatic rings. The second kappa shape index (κ2) is 10.5. The zero-order valence-corrected chi connectivity index (χ0v) is 22.6. The number of piperidine rings is 1. The lowest BCUT2D eigenvalue weighted by Crippen LogP contribution is -2.55. The highest BCUT2D eigenvalue weighted by atomic mass is 19.1. The molecule has 5 heterocycles. The van der Waals surface area contributed by atoms with Crippen LogP contribution in [-0.2, 0) is 30.2 Å². The summed E-state index contributed by atoms with van der Waals surface area (Å²) in [6.45, 7) is 1.79. The van der Waals surface area contributed by atoms with Gasteiger partial charge in [0.2, 0.25) is 6.79 Å². The first kappa shape index (κ1) is 26.5. The largest absolute Gasteiger partial charge is 0.454 e. The molecule has 0 aliphatic carbocycles. The Kier molecular flexibility index (Phi) is 6.60. The number of nitrogens with zero attached hydrogens (tertiary/aromatic N) is 3. The van der Waals surface area contributed by atoms with Gasteiger partial charge in [-0.15, -0.1) is 0 Å². The van der Waals surface area contributed by atoms with Crippen molar-refractivity contribution in [3.63, 3.8) is 0 Å². The lowest BCUT2D eigenvalue weighted by Gasteiger charge is -2.43. The summed E-state index contributed by atoms with van der Waals surface area (Å²) in [6, 6.07) is 7.93. The van der Waals surface area contributed by atoms with E-state index in [1.807, 2.05) is 17.0 Å². The number of carbonyl (C=O) groups excluding carboxylic acids is 3. The topological polar surface area (TPSA) is 130 Å². The molecule has 12 nitrogen and oxygen atoms in total. The van der Waals surface area contributed by atoms with Crippen molar-refractivity contribution in [1.82, 2.24) is 10.1 Å². The quantitative estimate of drug-likeness (QED) is 0.238. The fraction of sp³-hybridized carbons (Fsp3) is 0.448. The normalized spacial score (nSPS) is 21.0. The van der Waals surface area contributed by atoms with Crippen LogP contribution in [0.1, 0.15) is 49.3 Å². The van der Waals surface area contributed by atoms with E-state index in [0.29, 0.717) is 67.1 Å². The van der Waals surface area contributed by atoms with Gasteiger partial charge < -0.3 is 28.2 Å². The molecule has 1 aromatic heterocycles. The van der Waals surface area contributed by atoms with E-state index in [2.05, 4.69) is 5.16 Å². The second-order valence-corrected chi connectivity index (χ2v) is 10.8. The van der Waals surface area contributed by atoms with E-state index in [1.54, 1.807) is 11.0 Å². The fourth-order valence-electron chi connectivity index (χ4n) is 6.18. The third-order valence-corrected chi connectivity index (χ3v) is 8.21. The lowest BCUT2D eigenvalue weighted by atomic mass is 9.89. The molecule has 2 saturated heterocycles. The lowest BCUT2D eigenvalue weighted by molar-refractivity contribution is -0.266. The minimum absolute atomic E-state index is 0.158. The summed E-state index contributed by atoms with van der Waals surface area (Å²) in [5.41, 5.74) is 2.70. The van der Waals surface area contributed by atoms with Gasteiger partial charge in [0, 0.05) is 43.1 Å². The number of likely N-dealkylation sites (tertiary alicyclic amines) is 1. The number of unbranched alkanes of at least 4 members (excludes halogenated alkanes) is 1. The Morgan fingerprint density at radius 3 is 2.71 bits per heavy atom. The number of carbonyl (C=O) groups is 3. The van der Waals surface area contributed by atoms with Crippen molar-refractivity contribution in [2.24, 2.45) is 0 Å². The maximum absolute atomic E-state index is 13.6. The standard InChI is InChI=1S/C29H28FN3O9/c30-19-5-6-20-22(13-19)42-31-25(20)18-7-10-32(29(15-18)40-26(34)27(35)41-29)8-1-2-11-37-28(36)33-9-3-4-17-12-23-24(14-21(17)33)39-16-38-23/h5-6,12-14,18H,1-4,7-11,15-16H2. The van der Waals surface area contributed by atoms with Gasteiger partial charge in [-0.2, -0.15) is 0 Å². The van der Waals surface area contributed by atoms with Gasteiger partial charge in [0.15, 0.2) is 17.1 Å². The summed E-state index contributed by atoms with van der Waals surface area (Å²) in [4.78, 5) is 40.6. The average Bonchev–Trinajstić information content (AvgIpc) is 3.68. The molecule has 4 aliphatic heterocycles. The van der Waals surface area contributed by atoms with Crippen LogP contribution >= 0.6 is 0 Å². The Bertz CT molecular complexity index is 1560. The molecule has 0 radical (unpaired) electrons. The zero-order valence-electron chi connectivity index (χ0n) is 22.6. The van der Waals surface area contributed by atoms with E-state index in [4.69, 9.17) is 28.2 Å². The summed E-state index contributed by atoms with van der Waals surface area (Å²) >= 11 is 0. The van der Waals surface area contributed by atoms with Gasteiger partial charge in [-0.1, -0.05) is 5.16 Å². The maximum Gasteiger partial charge on any atom is 0.421 e. The summed E-state index contributed by atoms with van der Waals surface area (Å²) in [5.74, 6) is -3.05. The molecule has 1 atom stereocenters. The summed E-state index contributed by atoms with van der Waals surface area (Å²) in [5, 5.41) is 4.80. The Morgan fingerprint density at radius 2 is 1.88 bits per heavy atom. The fourth-order valence-corrected chi connectivity index (χ4v) is 6.18. The first-order valence-corrected chi connectivity index (χ1v) is 14.0. The van der Waals surface area contributed by atoms with Gasteiger partial charge in [0.1, 0.15) is 5.82 Å². The highest BCUT2D eigenvalue weighted by Crippen LogP contribution is 2.44. The highest BCUT2D eigenvalue weighted by molar-refractivity contribution is 6.31. The Morgan fingerprint density at radius 1 is 1.07 bits per heavy atom. The van der Waals surface area contributed by atoms with Gasteiger partial charge in [0.05, 0.1) is 24.4 Å². The molecule has 3 aromatic rings. The summed E-state index contributed by atoms with van der Waals surface area (Å²) in [6.07, 6.45) is 3.16. The van der Waals surface area contributed by atoms with E-state index in [1.165, 1.54) is 12.1 Å². The molecular formula is C29H28FN3O9. The summed E-state index contributed by atoms with van der Waals surface area (Å²) < 4.78 is 46.5. The predicted molar refractivity (Wildman–Crippen MR) is 141 cm³/mol. The van der Waals surface area contributed by atoms with Crippen LogP contribution in [0.5, 0.6) is 11.5 Å². The van der Waals surface area contributed by atoms with Gasteiger partial charge >= 0.3 is 23.9 Å². The smallest absolute Gasteiger partial charge is 0.421 e. The first-order chi connectivity index (χ1) is 20.4. The van der Waals surface area contributed by atoms with Crippen LogP contribution in [0.25, 0.3) is 11.0 Å². The van der Waals surface area contributed by atoms with E-state index >= 15 is 0 Å². The number of anilines is 1. The maximum atomic E-state index is 13.6. The van der Waals surface area contributed by atoms with Gasteiger partial charge in [-0.05, 0) is 55.9 Å². The van der Waals surface area contributed by atoms with Crippen molar-refractivity contribution in [3.05, 3.63) is 47.4 Å². The van der Waals surface area contributed by atoms with E-state index in [0.717, 1.165) is 24.1 Å². The molecule has 220 valence electrons. The molecule has 13 heteroatoms. The number of rotatable bonds is 6. The summed E-state index contributed by atoms with van der Waals surface area (Å²) in [7, 11) is 0. The molecule has 42 heavy (non-hydrogen) atoms. The number of fused-ring (bicyclic) bond motifs is 3. The van der Waals surface area contributed by atoms with Crippen LogP contribution in [0.15, 0.2) is 34.9 Å². The average molecular weight is 582 g/mol. The molecule has 2 aromatic carbocycles. The van der Waals surface area contributed by atoms with Gasteiger partial charge in [-0.25, -0.2) is 23.7 Å². The number of halogens is 1. The predicted octanol–water partition coefficient (Wildman–Crippen LogP) is 4.00. The Hall–Kier alpha value is -4.39. The SMILES string of the molecule is O=C1OC2(CC(c3noc4cc(F)ccc34)CCN2CCCCOC(=O)N2CCCc3cc4c(cc32)OCO4)OC1=O. The molecule has 1 unspecified atom stereocenters. The Balaban J connectivity index is 0.966. The molecule has 0 bridgehead atoms. The highest BCUT2D eigenvalue weighted by Gasteiger charge is 2.56. The monoisotopic (exact) mass is 581 g/mol. The molecule has 0 saturated carbocycles. The number of benzene rings is 2. The van der Waals surface area contributed by atoms with Crippen molar-refractivity contribution in [2.75, 3.05) is 37.9 Å². The third kappa shape index (κ3) is 4.67. The van der Waals surface area contributed by atoms with Crippen molar-refractivity contribution in [3.8, 4) is 11.5 Å². The van der Waals surface area contributed by atoms with Crippen molar-refractivity contribution >= 4 is 34.7 Å². The van der Waals surface area contributed by atoms with Crippen LogP contribution in [0, 0.1) is 5.82 Å². The van der Waals surface area contributed by atoms with Crippen molar-refractivity contribution in [1.29, 1.82) is 0 Å². The van der Waals surface area contributed by atoms with Gasteiger partial charge in [-0.3, -0.25) is 4.90 Å². The van der Waals surface area contributed by atoms with Crippen molar-refractivity contribution < 1.29 is 47.0 Å². The minimum atomic E-state index is -1.57. The van der Waals surface area contributed by atoms with Crippen LogP contribution < -0.4 is 14.4 Å². The number of ether oxygens (including phenoxy) is 5. The number of aryl methyl sites for hydroxylation is 1. The van der Waals surface area contributed by atoms with Crippen LogP contribution in [-0.4, -0.2) is 67.0 Å². The molecule has 1 amide bonds. The number of esters is 2. The molecule has 7 rings (SSSR count). The first-order valence-electron chi connectivity index (χ1n) is 14.0. The third-order valence-electron chi connectivity index (χ3n) is 8.21. The van der Waals surface area contributed by atoms with Crippen molar-refractivity contribution in [2.45, 2.75) is 50.4 Å². The van der Waals surface area contributed by atoms with Crippen LogP contribution in [0.3, 0.4) is 0 Å².